The van der Waals surface area contributed by atoms with Crippen molar-refractivity contribution in [3.63, 3.8) is 0 Å². The number of carbonyl (C=O) groups is 1. The smallest absolute Gasteiger partial charge is 0.333 e. The molecule has 1 fully saturated rings. The third-order valence-electron chi connectivity index (χ3n) is 4.85. The van der Waals surface area contributed by atoms with Gasteiger partial charge in [-0.05, 0) is 18.8 Å². The summed E-state index contributed by atoms with van der Waals surface area (Å²) in [5.74, 6) is 0.278. The van der Waals surface area contributed by atoms with Crippen LogP contribution in [0.15, 0.2) is 9.59 Å². The van der Waals surface area contributed by atoms with E-state index >= 15 is 0 Å². The first kappa shape index (κ1) is 22.0. The number of nitrogens with two attached hydrogens (primary N) is 1. The van der Waals surface area contributed by atoms with Gasteiger partial charge in [0.25, 0.3) is 5.56 Å². The molecule has 0 aliphatic carbocycles. The highest BCUT2D eigenvalue weighted by atomic mass is 16.5. The van der Waals surface area contributed by atoms with Gasteiger partial charge in [-0.25, -0.2) is 9.36 Å². The first-order valence-corrected chi connectivity index (χ1v) is 10.1. The molecule has 2 rings (SSSR count). The molecular weight excluding hydrogens is 362 g/mol. The Hall–Kier alpha value is -2.29. The van der Waals surface area contributed by atoms with E-state index in [-0.39, 0.29) is 24.0 Å². The average molecular weight is 396 g/mol. The van der Waals surface area contributed by atoms with E-state index in [1.165, 1.54) is 4.57 Å². The van der Waals surface area contributed by atoms with Gasteiger partial charge in [-0.15, -0.1) is 0 Å². The maximum absolute atomic E-state index is 13.1. The molecule has 1 aliphatic heterocycles. The van der Waals surface area contributed by atoms with Crippen LogP contribution in [0, 0.1) is 5.92 Å². The summed E-state index contributed by atoms with van der Waals surface area (Å²) in [7, 11) is 0. The van der Waals surface area contributed by atoms with Gasteiger partial charge in [0, 0.05) is 26.2 Å². The van der Waals surface area contributed by atoms with E-state index in [0.29, 0.717) is 45.3 Å². The number of ether oxygens (including phenoxy) is 1. The lowest BCUT2D eigenvalue weighted by molar-refractivity contribution is -0.121. The van der Waals surface area contributed by atoms with Crippen molar-refractivity contribution in [2.75, 3.05) is 43.5 Å². The quantitative estimate of drug-likeness (QED) is 0.626. The highest BCUT2D eigenvalue weighted by molar-refractivity contribution is 5.76. The van der Waals surface area contributed by atoms with Crippen molar-refractivity contribution in [1.82, 2.24) is 14.5 Å². The van der Waals surface area contributed by atoms with Gasteiger partial charge in [-0.3, -0.25) is 14.2 Å². The van der Waals surface area contributed by atoms with Gasteiger partial charge in [0.15, 0.2) is 0 Å². The first-order valence-electron chi connectivity index (χ1n) is 10.1. The lowest BCUT2D eigenvalue weighted by atomic mass is 10.1. The molecular formula is C19H33N5O4. The molecule has 158 valence electrons. The standard InChI is InChI=1S/C19H33N5O4/c1-4-5-8-23-17(20)16(22-9-11-28-12-10-22)18(26)24(19(23)27)13-15(25)21-7-6-14(2)3/h14H,4-13,20H2,1-3H3,(H,21,25). The summed E-state index contributed by atoms with van der Waals surface area (Å²) < 4.78 is 7.77. The lowest BCUT2D eigenvalue weighted by Crippen LogP contribution is -2.49. The number of hydrogen-bond donors (Lipinski definition) is 2. The van der Waals surface area contributed by atoms with Crippen LogP contribution in [-0.4, -0.2) is 47.9 Å². The van der Waals surface area contributed by atoms with Crippen LogP contribution < -0.4 is 27.2 Å². The molecule has 0 saturated carbocycles. The normalized spacial score (nSPS) is 14.5. The Bertz CT molecular complexity index is 778. The number of nitrogen functional groups attached to an aromatic ring is 1. The van der Waals surface area contributed by atoms with E-state index in [4.69, 9.17) is 10.5 Å². The Labute approximate surface area is 165 Å². The molecule has 1 aliphatic rings. The second-order valence-corrected chi connectivity index (χ2v) is 7.54. The summed E-state index contributed by atoms with van der Waals surface area (Å²) in [4.78, 5) is 40.1. The van der Waals surface area contributed by atoms with Crippen molar-refractivity contribution >= 4 is 17.4 Å². The average Bonchev–Trinajstić information content (AvgIpc) is 2.66. The summed E-state index contributed by atoms with van der Waals surface area (Å²) in [5, 5.41) is 2.78. The number of nitrogens with zero attached hydrogens (tertiary/aromatic N) is 3. The molecule has 1 saturated heterocycles. The van der Waals surface area contributed by atoms with Crippen molar-refractivity contribution in [3.8, 4) is 0 Å². The topological polar surface area (TPSA) is 112 Å². The second-order valence-electron chi connectivity index (χ2n) is 7.54. The van der Waals surface area contributed by atoms with E-state index in [1.807, 2.05) is 11.8 Å². The molecule has 0 bridgehead atoms. The maximum atomic E-state index is 13.1. The largest absolute Gasteiger partial charge is 0.383 e. The number of anilines is 2. The van der Waals surface area contributed by atoms with Crippen LogP contribution >= 0.6 is 0 Å². The number of rotatable bonds is 9. The Kier molecular flexibility index (Phi) is 8.10. The van der Waals surface area contributed by atoms with Gasteiger partial charge in [-0.1, -0.05) is 27.2 Å². The van der Waals surface area contributed by atoms with Crippen molar-refractivity contribution < 1.29 is 9.53 Å². The van der Waals surface area contributed by atoms with Crippen LogP contribution in [-0.2, 0) is 22.6 Å². The zero-order chi connectivity index (χ0) is 20.7. The molecule has 28 heavy (non-hydrogen) atoms. The number of morpholine rings is 1. The second kappa shape index (κ2) is 10.3. The molecule has 0 unspecified atom stereocenters. The third-order valence-corrected chi connectivity index (χ3v) is 4.85. The van der Waals surface area contributed by atoms with Gasteiger partial charge in [-0.2, -0.15) is 0 Å². The van der Waals surface area contributed by atoms with E-state index in [9.17, 15) is 14.4 Å². The Morgan fingerprint density at radius 3 is 2.50 bits per heavy atom. The van der Waals surface area contributed by atoms with Crippen LogP contribution in [0.4, 0.5) is 11.5 Å². The minimum atomic E-state index is -0.535. The van der Waals surface area contributed by atoms with Crippen LogP contribution in [0.1, 0.15) is 40.0 Å². The van der Waals surface area contributed by atoms with E-state index < -0.39 is 11.2 Å². The van der Waals surface area contributed by atoms with Crippen molar-refractivity contribution in [2.24, 2.45) is 5.92 Å². The molecule has 1 amide bonds. The van der Waals surface area contributed by atoms with Crippen LogP contribution in [0.5, 0.6) is 0 Å². The van der Waals surface area contributed by atoms with Crippen molar-refractivity contribution in [1.29, 1.82) is 0 Å². The van der Waals surface area contributed by atoms with E-state index in [0.717, 1.165) is 23.8 Å². The summed E-state index contributed by atoms with van der Waals surface area (Å²) in [6.45, 7) is 8.79. The molecule has 0 radical (unpaired) electrons. The number of carbonyl (C=O) groups excluding carboxylic acids is 1. The van der Waals surface area contributed by atoms with Crippen molar-refractivity contribution in [3.05, 3.63) is 20.8 Å². The molecule has 1 aromatic rings. The summed E-state index contributed by atoms with van der Waals surface area (Å²) in [6, 6.07) is 0. The van der Waals surface area contributed by atoms with Crippen LogP contribution in [0.2, 0.25) is 0 Å². The summed E-state index contributed by atoms with van der Waals surface area (Å²) in [5.41, 5.74) is 5.47. The van der Waals surface area contributed by atoms with Gasteiger partial charge in [0.2, 0.25) is 5.91 Å². The minimum Gasteiger partial charge on any atom is -0.383 e. The highest BCUT2D eigenvalue weighted by Crippen LogP contribution is 2.18. The highest BCUT2D eigenvalue weighted by Gasteiger charge is 2.24. The van der Waals surface area contributed by atoms with Gasteiger partial charge >= 0.3 is 5.69 Å². The third kappa shape index (κ3) is 5.37. The number of aromatic nitrogens is 2. The first-order chi connectivity index (χ1) is 13.4. The van der Waals surface area contributed by atoms with Gasteiger partial charge in [0.1, 0.15) is 18.1 Å². The predicted molar refractivity (Wildman–Crippen MR) is 110 cm³/mol. The Morgan fingerprint density at radius 2 is 1.89 bits per heavy atom. The summed E-state index contributed by atoms with van der Waals surface area (Å²) in [6.07, 6.45) is 2.47. The Balaban J connectivity index is 2.38. The molecule has 3 N–H and O–H groups in total. The zero-order valence-corrected chi connectivity index (χ0v) is 17.2. The molecule has 2 heterocycles. The Morgan fingerprint density at radius 1 is 1.21 bits per heavy atom. The number of nitrogens with one attached hydrogen (secondary N) is 1. The fraction of sp³-hybridized carbons (Fsp3) is 0.737. The molecule has 9 heteroatoms. The number of unbranched alkanes of at least 4 members (excludes halogenated alkanes) is 1. The molecule has 0 spiro atoms. The fourth-order valence-electron chi connectivity index (χ4n) is 3.16. The van der Waals surface area contributed by atoms with E-state index in [1.54, 1.807) is 0 Å². The molecule has 0 atom stereocenters. The van der Waals surface area contributed by atoms with Gasteiger partial charge in [0.05, 0.1) is 13.2 Å². The maximum Gasteiger partial charge on any atom is 0.333 e. The SMILES string of the molecule is CCCCn1c(N)c(N2CCOCC2)c(=O)n(CC(=O)NCCC(C)C)c1=O. The monoisotopic (exact) mass is 395 g/mol. The minimum absolute atomic E-state index is 0.168. The van der Waals surface area contributed by atoms with Gasteiger partial charge < -0.3 is 20.7 Å². The van der Waals surface area contributed by atoms with E-state index in [2.05, 4.69) is 19.2 Å². The lowest BCUT2D eigenvalue weighted by Gasteiger charge is -2.30. The number of amides is 1. The van der Waals surface area contributed by atoms with Crippen molar-refractivity contribution in [2.45, 2.75) is 53.1 Å². The molecule has 9 nitrogen and oxygen atoms in total. The molecule has 1 aromatic heterocycles. The number of hydrogen-bond acceptors (Lipinski definition) is 6. The summed E-state index contributed by atoms with van der Waals surface area (Å²) >= 11 is 0. The fourth-order valence-corrected chi connectivity index (χ4v) is 3.16. The zero-order valence-electron chi connectivity index (χ0n) is 17.2. The molecule has 0 aromatic carbocycles. The van der Waals surface area contributed by atoms with Crippen LogP contribution in [0.25, 0.3) is 0 Å². The predicted octanol–water partition coefficient (Wildman–Crippen LogP) is 0.391. The van der Waals surface area contributed by atoms with Crippen LogP contribution in [0.3, 0.4) is 0 Å².